The monoisotopic (exact) mass is 262 g/mol. The first-order chi connectivity index (χ1) is 8.46. The molecule has 0 saturated carbocycles. The summed E-state index contributed by atoms with van der Waals surface area (Å²) in [5, 5.41) is 2.99. The normalized spacial score (nSPS) is 11.4. The van der Waals surface area contributed by atoms with Gasteiger partial charge in [-0.3, -0.25) is 4.98 Å². The summed E-state index contributed by atoms with van der Waals surface area (Å²) in [6, 6.07) is 0. The molecule has 0 aliphatic heterocycles. The summed E-state index contributed by atoms with van der Waals surface area (Å²) in [6.07, 6.45) is -0.497. The lowest BCUT2D eigenvalue weighted by Gasteiger charge is -2.23. The second-order valence-electron chi connectivity index (χ2n) is 3.82. The number of halogens is 3. The molecule has 0 aliphatic rings. The summed E-state index contributed by atoms with van der Waals surface area (Å²) >= 11 is 0. The zero-order chi connectivity index (χ0) is 13.6. The van der Waals surface area contributed by atoms with Crippen LogP contribution in [-0.2, 0) is 0 Å². The summed E-state index contributed by atoms with van der Waals surface area (Å²) < 4.78 is 37.1. The summed E-state index contributed by atoms with van der Waals surface area (Å²) in [7, 11) is 0. The predicted molar refractivity (Wildman–Crippen MR) is 64.8 cm³/mol. The van der Waals surface area contributed by atoms with Crippen molar-refractivity contribution >= 4 is 11.6 Å². The van der Waals surface area contributed by atoms with E-state index in [4.69, 9.17) is 0 Å². The lowest BCUT2D eigenvalue weighted by atomic mass is 10.4. The first-order valence-corrected chi connectivity index (χ1v) is 5.84. The van der Waals surface area contributed by atoms with Crippen LogP contribution in [0.2, 0.25) is 0 Å². The highest BCUT2D eigenvalue weighted by atomic mass is 19.4. The number of anilines is 2. The Hall–Kier alpha value is -1.53. The van der Waals surface area contributed by atoms with Crippen LogP contribution in [-0.4, -0.2) is 35.8 Å². The second kappa shape index (κ2) is 6.42. The molecule has 7 heteroatoms. The molecule has 0 atom stereocenters. The van der Waals surface area contributed by atoms with Gasteiger partial charge in [-0.25, -0.2) is 4.98 Å². The van der Waals surface area contributed by atoms with Gasteiger partial charge >= 0.3 is 6.18 Å². The van der Waals surface area contributed by atoms with E-state index in [1.54, 1.807) is 6.92 Å². The van der Waals surface area contributed by atoms with E-state index < -0.39 is 12.7 Å². The van der Waals surface area contributed by atoms with Gasteiger partial charge < -0.3 is 10.2 Å². The van der Waals surface area contributed by atoms with Crippen LogP contribution in [0.4, 0.5) is 24.8 Å². The third-order valence-electron chi connectivity index (χ3n) is 2.25. The Balaban J connectivity index is 2.79. The molecule has 102 valence electrons. The van der Waals surface area contributed by atoms with Gasteiger partial charge in [-0.15, -0.1) is 0 Å². The molecule has 0 fully saturated rings. The van der Waals surface area contributed by atoms with Crippen molar-refractivity contribution in [2.24, 2.45) is 0 Å². The molecule has 0 aliphatic carbocycles. The molecule has 18 heavy (non-hydrogen) atoms. The molecule has 0 saturated heterocycles. The minimum absolute atomic E-state index is 0.228. The van der Waals surface area contributed by atoms with Crippen molar-refractivity contribution in [2.45, 2.75) is 26.4 Å². The van der Waals surface area contributed by atoms with Crippen LogP contribution in [0.5, 0.6) is 0 Å². The second-order valence-corrected chi connectivity index (χ2v) is 3.82. The maximum atomic E-state index is 12.4. The minimum Gasteiger partial charge on any atom is -0.369 e. The number of rotatable bonds is 6. The van der Waals surface area contributed by atoms with Gasteiger partial charge in [-0.05, 0) is 13.3 Å². The quantitative estimate of drug-likeness (QED) is 0.855. The lowest BCUT2D eigenvalue weighted by Crippen LogP contribution is -2.34. The Kier molecular flexibility index (Phi) is 5.18. The van der Waals surface area contributed by atoms with Crippen LogP contribution >= 0.6 is 0 Å². The lowest BCUT2D eigenvalue weighted by molar-refractivity contribution is -0.119. The Morgan fingerprint density at radius 1 is 1.28 bits per heavy atom. The van der Waals surface area contributed by atoms with Crippen LogP contribution in [0, 0.1) is 0 Å². The zero-order valence-electron chi connectivity index (χ0n) is 10.5. The van der Waals surface area contributed by atoms with E-state index in [1.165, 1.54) is 12.4 Å². The van der Waals surface area contributed by atoms with E-state index in [0.717, 1.165) is 11.3 Å². The fourth-order valence-corrected chi connectivity index (χ4v) is 1.42. The average molecular weight is 262 g/mol. The van der Waals surface area contributed by atoms with Crippen molar-refractivity contribution in [1.82, 2.24) is 9.97 Å². The van der Waals surface area contributed by atoms with Gasteiger partial charge in [0.2, 0.25) is 0 Å². The molecule has 1 aromatic heterocycles. The molecule has 1 aromatic rings. The first-order valence-electron chi connectivity index (χ1n) is 5.84. The molecule has 0 spiro atoms. The largest absolute Gasteiger partial charge is 0.405 e. The first kappa shape index (κ1) is 14.5. The van der Waals surface area contributed by atoms with Gasteiger partial charge in [-0.1, -0.05) is 6.92 Å². The van der Waals surface area contributed by atoms with E-state index >= 15 is 0 Å². The molecule has 4 nitrogen and oxygen atoms in total. The van der Waals surface area contributed by atoms with Crippen molar-refractivity contribution in [3.05, 3.63) is 12.4 Å². The Labute approximate surface area is 104 Å². The molecule has 0 bridgehead atoms. The topological polar surface area (TPSA) is 41.1 Å². The van der Waals surface area contributed by atoms with Crippen LogP contribution in [0.15, 0.2) is 12.4 Å². The molecule has 1 rings (SSSR count). The minimum atomic E-state index is -4.25. The molecule has 0 aromatic carbocycles. The third kappa shape index (κ3) is 4.77. The predicted octanol–water partition coefficient (Wildman–Crippen LogP) is 2.69. The standard InChI is InChI=1S/C11H17F3N4/c1-3-5-16-9-6-15-7-10(17-9)18(4-2)8-11(12,13)14/h6-7H,3-5,8H2,1-2H3,(H,16,17). The van der Waals surface area contributed by atoms with Crippen molar-refractivity contribution in [1.29, 1.82) is 0 Å². The highest BCUT2D eigenvalue weighted by Crippen LogP contribution is 2.20. The van der Waals surface area contributed by atoms with Crippen LogP contribution in [0.3, 0.4) is 0 Å². The van der Waals surface area contributed by atoms with Gasteiger partial charge in [0.1, 0.15) is 18.2 Å². The van der Waals surface area contributed by atoms with E-state index in [0.29, 0.717) is 12.4 Å². The summed E-state index contributed by atoms with van der Waals surface area (Å²) in [6.45, 7) is 3.57. The fourth-order valence-electron chi connectivity index (χ4n) is 1.42. The number of nitrogens with one attached hydrogen (secondary N) is 1. The molecular weight excluding hydrogens is 245 g/mol. The van der Waals surface area contributed by atoms with Crippen LogP contribution in [0.25, 0.3) is 0 Å². The molecule has 0 radical (unpaired) electrons. The maximum absolute atomic E-state index is 12.4. The average Bonchev–Trinajstić information content (AvgIpc) is 2.32. The van der Waals surface area contributed by atoms with E-state index in [2.05, 4.69) is 15.3 Å². The van der Waals surface area contributed by atoms with Crippen molar-refractivity contribution < 1.29 is 13.2 Å². The number of nitrogens with zero attached hydrogens (tertiary/aromatic N) is 3. The Morgan fingerprint density at radius 2 is 2.00 bits per heavy atom. The molecular formula is C11H17F3N4. The zero-order valence-corrected chi connectivity index (χ0v) is 10.5. The van der Waals surface area contributed by atoms with Gasteiger partial charge in [-0.2, -0.15) is 13.2 Å². The van der Waals surface area contributed by atoms with Crippen molar-refractivity contribution in [2.75, 3.05) is 29.9 Å². The van der Waals surface area contributed by atoms with Gasteiger partial charge in [0, 0.05) is 13.1 Å². The summed E-state index contributed by atoms with van der Waals surface area (Å²) in [5.41, 5.74) is 0. The maximum Gasteiger partial charge on any atom is 0.405 e. The SMILES string of the molecule is CCCNc1cncc(N(CC)CC(F)(F)F)n1. The summed E-state index contributed by atoms with van der Waals surface area (Å²) in [4.78, 5) is 9.16. The highest BCUT2D eigenvalue weighted by molar-refractivity contribution is 5.43. The summed E-state index contributed by atoms with van der Waals surface area (Å²) in [5.74, 6) is 0.728. The van der Waals surface area contributed by atoms with Gasteiger partial charge in [0.15, 0.2) is 0 Å². The van der Waals surface area contributed by atoms with E-state index in [-0.39, 0.29) is 12.4 Å². The van der Waals surface area contributed by atoms with Crippen LogP contribution < -0.4 is 10.2 Å². The number of alkyl halides is 3. The molecule has 1 heterocycles. The van der Waals surface area contributed by atoms with Crippen molar-refractivity contribution in [3.63, 3.8) is 0 Å². The number of hydrogen-bond donors (Lipinski definition) is 1. The van der Waals surface area contributed by atoms with Crippen LogP contribution in [0.1, 0.15) is 20.3 Å². The number of aromatic nitrogens is 2. The Bertz CT molecular complexity index is 368. The van der Waals surface area contributed by atoms with Gasteiger partial charge in [0.25, 0.3) is 0 Å². The van der Waals surface area contributed by atoms with Crippen molar-refractivity contribution in [3.8, 4) is 0 Å². The fraction of sp³-hybridized carbons (Fsp3) is 0.636. The van der Waals surface area contributed by atoms with Gasteiger partial charge in [0.05, 0.1) is 12.4 Å². The molecule has 0 amide bonds. The highest BCUT2D eigenvalue weighted by Gasteiger charge is 2.30. The molecule has 0 unspecified atom stereocenters. The van der Waals surface area contributed by atoms with E-state index in [9.17, 15) is 13.2 Å². The molecule has 1 N–H and O–H groups in total. The third-order valence-corrected chi connectivity index (χ3v) is 2.25. The number of hydrogen-bond acceptors (Lipinski definition) is 4. The Morgan fingerprint density at radius 3 is 2.56 bits per heavy atom. The smallest absolute Gasteiger partial charge is 0.369 e. The van der Waals surface area contributed by atoms with E-state index in [1.807, 2.05) is 6.92 Å².